The highest BCUT2D eigenvalue weighted by molar-refractivity contribution is 6.33. The largest absolute Gasteiger partial charge is 0.496 e. The minimum atomic E-state index is 0.0503. The van der Waals surface area contributed by atoms with Crippen molar-refractivity contribution in [3.63, 3.8) is 0 Å². The van der Waals surface area contributed by atoms with Crippen molar-refractivity contribution in [2.45, 2.75) is 25.7 Å². The third kappa shape index (κ3) is 3.64. The molecular weight excluding hydrogens is 276 g/mol. The zero-order valence-corrected chi connectivity index (χ0v) is 12.6. The fourth-order valence-electron chi connectivity index (χ4n) is 2.53. The highest BCUT2D eigenvalue weighted by atomic mass is 35.5. The number of hydrogen-bond acceptors (Lipinski definition) is 4. The van der Waals surface area contributed by atoms with Gasteiger partial charge in [-0.2, -0.15) is 0 Å². The van der Waals surface area contributed by atoms with Gasteiger partial charge in [0.25, 0.3) is 0 Å². The fourth-order valence-corrected chi connectivity index (χ4v) is 2.70. The second kappa shape index (κ2) is 6.95. The predicted octanol–water partition coefficient (Wildman–Crippen LogP) is 2.99. The lowest BCUT2D eigenvalue weighted by Crippen LogP contribution is -2.31. The quantitative estimate of drug-likeness (QED) is 0.670. The van der Waals surface area contributed by atoms with E-state index in [1.165, 1.54) is 26.4 Å². The number of Topliss-reactive ketones (excluding diaryl/α,β-unsaturated/α-hetero) is 1. The summed E-state index contributed by atoms with van der Waals surface area (Å²) in [5.74, 6) is 0.546. The molecule has 20 heavy (non-hydrogen) atoms. The number of likely N-dealkylation sites (tertiary alicyclic amines) is 1. The lowest BCUT2D eigenvalue weighted by Gasteiger charge is -2.26. The SMILES string of the molecule is COc1cc(N)c(Cl)cc1C(=O)CCN1CCCCC1. The average molecular weight is 297 g/mol. The molecule has 0 bridgehead atoms. The van der Waals surface area contributed by atoms with Crippen molar-refractivity contribution in [3.05, 3.63) is 22.7 Å². The van der Waals surface area contributed by atoms with Crippen LogP contribution in [0.15, 0.2) is 12.1 Å². The van der Waals surface area contributed by atoms with Crippen molar-refractivity contribution in [3.8, 4) is 5.75 Å². The summed E-state index contributed by atoms with van der Waals surface area (Å²) in [5, 5.41) is 0.395. The number of carbonyl (C=O) groups is 1. The maximum Gasteiger partial charge on any atom is 0.167 e. The number of ether oxygens (including phenoxy) is 1. The molecule has 0 aromatic heterocycles. The second-order valence-electron chi connectivity index (χ2n) is 5.15. The number of nitrogens with two attached hydrogens (primary N) is 1. The summed E-state index contributed by atoms with van der Waals surface area (Å²) in [6.07, 6.45) is 4.23. The first kappa shape index (κ1) is 15.1. The molecule has 110 valence electrons. The molecule has 0 amide bonds. The molecule has 0 saturated carbocycles. The number of hydrogen-bond donors (Lipinski definition) is 1. The van der Waals surface area contributed by atoms with Gasteiger partial charge in [0.1, 0.15) is 5.75 Å². The van der Waals surface area contributed by atoms with E-state index < -0.39 is 0 Å². The molecule has 0 unspecified atom stereocenters. The lowest BCUT2D eigenvalue weighted by molar-refractivity contribution is 0.0956. The summed E-state index contributed by atoms with van der Waals surface area (Å²) in [4.78, 5) is 14.7. The van der Waals surface area contributed by atoms with Crippen molar-refractivity contribution >= 4 is 23.1 Å². The summed E-state index contributed by atoms with van der Waals surface area (Å²) >= 11 is 5.99. The van der Waals surface area contributed by atoms with Crippen LogP contribution in [-0.2, 0) is 0 Å². The summed E-state index contributed by atoms with van der Waals surface area (Å²) in [6.45, 7) is 2.98. The number of benzene rings is 1. The maximum atomic E-state index is 12.3. The van der Waals surface area contributed by atoms with Crippen molar-refractivity contribution in [2.24, 2.45) is 0 Å². The molecule has 5 heteroatoms. The summed E-state index contributed by atoms with van der Waals surface area (Å²) in [7, 11) is 1.53. The fraction of sp³-hybridized carbons (Fsp3) is 0.533. The van der Waals surface area contributed by atoms with Crippen LogP contribution in [0, 0.1) is 0 Å². The number of nitrogen functional groups attached to an aromatic ring is 1. The van der Waals surface area contributed by atoms with Gasteiger partial charge in [0.2, 0.25) is 0 Å². The van der Waals surface area contributed by atoms with Gasteiger partial charge in [-0.1, -0.05) is 18.0 Å². The van der Waals surface area contributed by atoms with Gasteiger partial charge in [0.15, 0.2) is 5.78 Å². The van der Waals surface area contributed by atoms with Crippen LogP contribution >= 0.6 is 11.6 Å². The molecule has 0 atom stereocenters. The Bertz CT molecular complexity index is 485. The first-order valence-electron chi connectivity index (χ1n) is 7.00. The average Bonchev–Trinajstić information content (AvgIpc) is 2.48. The Morgan fingerprint density at radius 1 is 1.35 bits per heavy atom. The van der Waals surface area contributed by atoms with Crippen LogP contribution in [0.3, 0.4) is 0 Å². The van der Waals surface area contributed by atoms with E-state index in [1.54, 1.807) is 12.1 Å². The Labute approximate surface area is 124 Å². The Kier molecular flexibility index (Phi) is 5.26. The van der Waals surface area contributed by atoms with E-state index in [1.807, 2.05) is 0 Å². The van der Waals surface area contributed by atoms with Gasteiger partial charge in [0.05, 0.1) is 23.4 Å². The predicted molar refractivity (Wildman–Crippen MR) is 81.7 cm³/mol. The lowest BCUT2D eigenvalue weighted by atomic mass is 10.0. The minimum absolute atomic E-state index is 0.0503. The van der Waals surface area contributed by atoms with Crippen LogP contribution in [0.2, 0.25) is 5.02 Å². The molecule has 0 aliphatic carbocycles. The zero-order chi connectivity index (χ0) is 14.5. The molecule has 1 heterocycles. The first-order valence-corrected chi connectivity index (χ1v) is 7.38. The van der Waals surface area contributed by atoms with Crippen LogP contribution in [0.25, 0.3) is 0 Å². The van der Waals surface area contributed by atoms with E-state index in [2.05, 4.69) is 4.90 Å². The van der Waals surface area contributed by atoms with Crippen molar-refractivity contribution in [2.75, 3.05) is 32.5 Å². The first-order chi connectivity index (χ1) is 9.61. The summed E-state index contributed by atoms with van der Waals surface area (Å²) in [5.41, 5.74) is 6.67. The molecule has 0 spiro atoms. The zero-order valence-electron chi connectivity index (χ0n) is 11.8. The molecule has 1 aliphatic rings. The minimum Gasteiger partial charge on any atom is -0.496 e. The number of nitrogens with zero attached hydrogens (tertiary/aromatic N) is 1. The monoisotopic (exact) mass is 296 g/mol. The number of rotatable bonds is 5. The van der Waals surface area contributed by atoms with Gasteiger partial charge in [-0.25, -0.2) is 0 Å². The van der Waals surface area contributed by atoms with E-state index in [0.29, 0.717) is 28.4 Å². The number of carbonyl (C=O) groups excluding carboxylic acids is 1. The van der Waals surface area contributed by atoms with Crippen LogP contribution in [-0.4, -0.2) is 37.4 Å². The number of ketones is 1. The van der Waals surface area contributed by atoms with Crippen LogP contribution < -0.4 is 10.5 Å². The summed E-state index contributed by atoms with van der Waals surface area (Å²) < 4.78 is 5.22. The van der Waals surface area contributed by atoms with E-state index in [0.717, 1.165) is 19.6 Å². The standard InChI is InChI=1S/C15H21ClN2O2/c1-20-15-10-13(17)12(16)9-11(15)14(19)5-8-18-6-3-2-4-7-18/h9-10H,2-8,17H2,1H3. The summed E-state index contributed by atoms with van der Waals surface area (Å²) in [6, 6.07) is 3.21. The molecule has 2 rings (SSSR count). The van der Waals surface area contributed by atoms with Gasteiger partial charge < -0.3 is 15.4 Å². The Balaban J connectivity index is 2.02. The molecule has 1 saturated heterocycles. The van der Waals surface area contributed by atoms with Gasteiger partial charge in [-0.15, -0.1) is 0 Å². The van der Waals surface area contributed by atoms with E-state index in [9.17, 15) is 4.79 Å². The van der Waals surface area contributed by atoms with Crippen LogP contribution in [0.5, 0.6) is 5.75 Å². The van der Waals surface area contributed by atoms with Crippen LogP contribution in [0.4, 0.5) is 5.69 Å². The Morgan fingerprint density at radius 3 is 2.70 bits per heavy atom. The molecule has 1 aliphatic heterocycles. The third-order valence-electron chi connectivity index (χ3n) is 3.72. The van der Waals surface area contributed by atoms with Gasteiger partial charge in [0, 0.05) is 19.0 Å². The topological polar surface area (TPSA) is 55.6 Å². The molecule has 0 radical (unpaired) electrons. The molecule has 1 aromatic carbocycles. The molecule has 2 N–H and O–H groups in total. The van der Waals surface area contributed by atoms with E-state index in [-0.39, 0.29) is 5.78 Å². The second-order valence-corrected chi connectivity index (χ2v) is 5.56. The third-order valence-corrected chi connectivity index (χ3v) is 4.05. The van der Waals surface area contributed by atoms with E-state index in [4.69, 9.17) is 22.1 Å². The molecular formula is C15H21ClN2O2. The van der Waals surface area contributed by atoms with Gasteiger partial charge >= 0.3 is 0 Å². The Hall–Kier alpha value is -1.26. The van der Waals surface area contributed by atoms with Gasteiger partial charge in [-0.3, -0.25) is 4.79 Å². The van der Waals surface area contributed by atoms with Crippen molar-refractivity contribution < 1.29 is 9.53 Å². The highest BCUT2D eigenvalue weighted by Gasteiger charge is 2.17. The molecule has 1 aromatic rings. The van der Waals surface area contributed by atoms with Crippen LogP contribution in [0.1, 0.15) is 36.0 Å². The highest BCUT2D eigenvalue weighted by Crippen LogP contribution is 2.29. The number of halogens is 1. The molecule has 1 fully saturated rings. The number of anilines is 1. The Morgan fingerprint density at radius 2 is 2.05 bits per heavy atom. The van der Waals surface area contributed by atoms with E-state index >= 15 is 0 Å². The number of methoxy groups -OCH3 is 1. The normalized spacial score (nSPS) is 16.1. The smallest absolute Gasteiger partial charge is 0.167 e. The number of piperidine rings is 1. The molecule has 4 nitrogen and oxygen atoms in total. The van der Waals surface area contributed by atoms with Crippen molar-refractivity contribution in [1.82, 2.24) is 4.90 Å². The van der Waals surface area contributed by atoms with Gasteiger partial charge in [-0.05, 0) is 32.0 Å². The maximum absolute atomic E-state index is 12.3. The van der Waals surface area contributed by atoms with Crippen molar-refractivity contribution in [1.29, 1.82) is 0 Å².